The summed E-state index contributed by atoms with van der Waals surface area (Å²) in [5.74, 6) is 0.592. The first-order valence-corrected chi connectivity index (χ1v) is 7.80. The summed E-state index contributed by atoms with van der Waals surface area (Å²) in [5, 5.41) is 3.38. The highest BCUT2D eigenvalue weighted by Crippen LogP contribution is 2.27. The van der Waals surface area contributed by atoms with Gasteiger partial charge in [0.25, 0.3) is 0 Å². The van der Waals surface area contributed by atoms with E-state index >= 15 is 0 Å². The minimum Gasteiger partial charge on any atom is -0.489 e. The topological polar surface area (TPSA) is 21.3 Å². The molecular weight excluding hydrogens is 333 g/mol. The van der Waals surface area contributed by atoms with Gasteiger partial charge in [-0.25, -0.2) is 4.39 Å². The lowest BCUT2D eigenvalue weighted by Crippen LogP contribution is -2.18. The fourth-order valence-electron chi connectivity index (χ4n) is 2.18. The average molecular weight is 352 g/mol. The van der Waals surface area contributed by atoms with Gasteiger partial charge < -0.3 is 10.1 Å². The van der Waals surface area contributed by atoms with Crippen molar-refractivity contribution in [1.82, 2.24) is 5.32 Å². The molecule has 112 valence electrons. The number of ether oxygens (including phenoxy) is 1. The fraction of sp³-hybridized carbons (Fsp3) is 0.294. The van der Waals surface area contributed by atoms with Crippen molar-refractivity contribution in [3.05, 3.63) is 63.9 Å². The molecule has 0 saturated heterocycles. The van der Waals surface area contributed by atoms with Crippen molar-refractivity contribution >= 4 is 15.9 Å². The molecule has 0 radical (unpaired) electrons. The van der Waals surface area contributed by atoms with Gasteiger partial charge in [-0.15, -0.1) is 0 Å². The van der Waals surface area contributed by atoms with Crippen molar-refractivity contribution < 1.29 is 9.13 Å². The lowest BCUT2D eigenvalue weighted by molar-refractivity contribution is 0.299. The first-order valence-electron chi connectivity index (χ1n) is 7.01. The zero-order chi connectivity index (χ0) is 15.2. The molecule has 0 fully saturated rings. The lowest BCUT2D eigenvalue weighted by atomic mass is 10.1. The minimum absolute atomic E-state index is 0.225. The zero-order valence-corrected chi connectivity index (χ0v) is 13.8. The fourth-order valence-corrected chi connectivity index (χ4v) is 2.65. The first kappa shape index (κ1) is 16.0. The molecule has 21 heavy (non-hydrogen) atoms. The number of nitrogens with one attached hydrogen (secondary N) is 1. The highest BCUT2D eigenvalue weighted by Gasteiger charge is 2.11. The van der Waals surface area contributed by atoms with Crippen LogP contribution in [0.15, 0.2) is 46.9 Å². The summed E-state index contributed by atoms with van der Waals surface area (Å²) in [4.78, 5) is 0. The highest BCUT2D eigenvalue weighted by atomic mass is 79.9. The Kier molecular flexibility index (Phi) is 5.76. The van der Waals surface area contributed by atoms with Gasteiger partial charge in [-0.1, -0.05) is 47.1 Å². The normalized spacial score (nSPS) is 12.2. The molecule has 4 heteroatoms. The quantitative estimate of drug-likeness (QED) is 0.803. The molecule has 2 aromatic rings. The molecule has 0 aliphatic carbocycles. The van der Waals surface area contributed by atoms with Gasteiger partial charge in [-0.3, -0.25) is 0 Å². The molecule has 0 spiro atoms. The number of hydrogen-bond acceptors (Lipinski definition) is 2. The van der Waals surface area contributed by atoms with E-state index in [1.165, 1.54) is 12.1 Å². The summed E-state index contributed by atoms with van der Waals surface area (Å²) >= 11 is 3.36. The molecular formula is C17H19BrFNO. The molecule has 1 N–H and O–H groups in total. The van der Waals surface area contributed by atoms with E-state index in [2.05, 4.69) is 41.2 Å². The molecule has 0 aliphatic heterocycles. The predicted molar refractivity (Wildman–Crippen MR) is 87.0 cm³/mol. The monoisotopic (exact) mass is 351 g/mol. The van der Waals surface area contributed by atoms with Crippen molar-refractivity contribution in [2.75, 3.05) is 6.54 Å². The van der Waals surface area contributed by atoms with Crippen LogP contribution in [0.4, 0.5) is 4.39 Å². The van der Waals surface area contributed by atoms with Gasteiger partial charge in [0.2, 0.25) is 0 Å². The van der Waals surface area contributed by atoms with E-state index in [1.807, 2.05) is 18.2 Å². The Morgan fingerprint density at radius 3 is 2.71 bits per heavy atom. The Morgan fingerprint density at radius 2 is 2.00 bits per heavy atom. The van der Waals surface area contributed by atoms with E-state index in [-0.39, 0.29) is 11.9 Å². The largest absolute Gasteiger partial charge is 0.489 e. The van der Waals surface area contributed by atoms with Crippen LogP contribution < -0.4 is 10.1 Å². The summed E-state index contributed by atoms with van der Waals surface area (Å²) in [6, 6.07) is 12.8. The summed E-state index contributed by atoms with van der Waals surface area (Å²) in [7, 11) is 0. The van der Waals surface area contributed by atoms with Crippen LogP contribution in [0.1, 0.15) is 31.0 Å². The SMILES string of the molecule is CCNC(C)c1ccccc1OCc1ccc(F)cc1Br. The van der Waals surface area contributed by atoms with E-state index < -0.39 is 0 Å². The maximum Gasteiger partial charge on any atom is 0.124 e. The predicted octanol–water partition coefficient (Wildman–Crippen LogP) is 4.84. The number of para-hydroxylation sites is 1. The third-order valence-corrected chi connectivity index (χ3v) is 4.03. The van der Waals surface area contributed by atoms with Gasteiger partial charge >= 0.3 is 0 Å². The van der Waals surface area contributed by atoms with Gasteiger partial charge in [0, 0.05) is 21.6 Å². The summed E-state index contributed by atoms with van der Waals surface area (Å²) in [6.07, 6.45) is 0. The molecule has 1 unspecified atom stereocenters. The third-order valence-electron chi connectivity index (χ3n) is 3.29. The van der Waals surface area contributed by atoms with Gasteiger partial charge in [0.05, 0.1) is 0 Å². The Labute approximate surface area is 133 Å². The summed E-state index contributed by atoms with van der Waals surface area (Å²) < 4.78 is 19.7. The van der Waals surface area contributed by atoms with Crippen LogP contribution in [0, 0.1) is 5.82 Å². The maximum absolute atomic E-state index is 13.1. The number of benzene rings is 2. The second-order valence-electron chi connectivity index (χ2n) is 4.84. The molecule has 2 aromatic carbocycles. The van der Waals surface area contributed by atoms with E-state index in [1.54, 1.807) is 6.07 Å². The molecule has 1 atom stereocenters. The maximum atomic E-state index is 13.1. The summed E-state index contributed by atoms with van der Waals surface area (Å²) in [6.45, 7) is 5.49. The minimum atomic E-state index is -0.258. The van der Waals surface area contributed by atoms with Crippen LogP contribution in [-0.2, 0) is 6.61 Å². The molecule has 0 aromatic heterocycles. The van der Waals surface area contributed by atoms with Crippen LogP contribution in [0.3, 0.4) is 0 Å². The second-order valence-corrected chi connectivity index (χ2v) is 5.70. The van der Waals surface area contributed by atoms with E-state index in [0.29, 0.717) is 6.61 Å². The van der Waals surface area contributed by atoms with Crippen LogP contribution >= 0.6 is 15.9 Å². The van der Waals surface area contributed by atoms with Gasteiger partial charge in [0.15, 0.2) is 0 Å². The van der Waals surface area contributed by atoms with Crippen molar-refractivity contribution in [1.29, 1.82) is 0 Å². The van der Waals surface area contributed by atoms with Crippen molar-refractivity contribution in [3.63, 3.8) is 0 Å². The van der Waals surface area contributed by atoms with E-state index in [4.69, 9.17) is 4.74 Å². The second kappa shape index (κ2) is 7.57. The van der Waals surface area contributed by atoms with Crippen molar-refractivity contribution in [2.24, 2.45) is 0 Å². The summed E-state index contributed by atoms with van der Waals surface area (Å²) in [5.41, 5.74) is 2.04. The molecule has 0 saturated carbocycles. The van der Waals surface area contributed by atoms with Crippen LogP contribution in [0.5, 0.6) is 5.75 Å². The number of halogens is 2. The molecule has 0 bridgehead atoms. The van der Waals surface area contributed by atoms with Crippen molar-refractivity contribution in [3.8, 4) is 5.75 Å². The van der Waals surface area contributed by atoms with E-state index in [9.17, 15) is 4.39 Å². The Bertz CT molecular complexity index is 603. The van der Waals surface area contributed by atoms with E-state index in [0.717, 1.165) is 27.9 Å². The third kappa shape index (κ3) is 4.29. The highest BCUT2D eigenvalue weighted by molar-refractivity contribution is 9.10. The van der Waals surface area contributed by atoms with Gasteiger partial charge in [0.1, 0.15) is 18.2 Å². The van der Waals surface area contributed by atoms with Gasteiger partial charge in [-0.2, -0.15) is 0 Å². The average Bonchev–Trinajstić information content (AvgIpc) is 2.47. The molecule has 0 heterocycles. The smallest absolute Gasteiger partial charge is 0.124 e. The van der Waals surface area contributed by atoms with Crippen molar-refractivity contribution in [2.45, 2.75) is 26.5 Å². The number of hydrogen-bond donors (Lipinski definition) is 1. The van der Waals surface area contributed by atoms with Crippen LogP contribution in [-0.4, -0.2) is 6.54 Å². The Balaban J connectivity index is 2.13. The standard InChI is InChI=1S/C17H19BrFNO/c1-3-20-12(2)15-6-4-5-7-17(15)21-11-13-8-9-14(19)10-16(13)18/h4-10,12,20H,3,11H2,1-2H3. The number of rotatable bonds is 6. The zero-order valence-electron chi connectivity index (χ0n) is 12.2. The van der Waals surface area contributed by atoms with Gasteiger partial charge in [-0.05, 0) is 31.7 Å². The first-order chi connectivity index (χ1) is 10.1. The van der Waals surface area contributed by atoms with Crippen LogP contribution in [0.2, 0.25) is 0 Å². The Morgan fingerprint density at radius 1 is 1.24 bits per heavy atom. The molecule has 2 rings (SSSR count). The Hall–Kier alpha value is -1.39. The van der Waals surface area contributed by atoms with Crippen LogP contribution in [0.25, 0.3) is 0 Å². The lowest BCUT2D eigenvalue weighted by Gasteiger charge is -2.18. The molecule has 2 nitrogen and oxygen atoms in total. The molecule has 0 amide bonds. The molecule has 0 aliphatic rings.